The van der Waals surface area contributed by atoms with Gasteiger partial charge in [-0.15, -0.1) is 0 Å². The van der Waals surface area contributed by atoms with Crippen LogP contribution in [0.5, 0.6) is 0 Å². The molecule has 1 amide bonds. The lowest BCUT2D eigenvalue weighted by Crippen LogP contribution is -2.57. The maximum atomic E-state index is 12.7. The molecule has 2 atom stereocenters. The lowest BCUT2D eigenvalue weighted by atomic mass is 9.64. The Labute approximate surface area is 173 Å². The Bertz CT molecular complexity index is 861. The van der Waals surface area contributed by atoms with Gasteiger partial charge in [0.2, 0.25) is 0 Å². The number of aliphatic hydroxyl groups excluding tert-OH is 1. The first-order chi connectivity index (χ1) is 13.8. The van der Waals surface area contributed by atoms with Gasteiger partial charge in [-0.25, -0.2) is 4.79 Å². The molecule has 2 aliphatic rings. The lowest BCUT2D eigenvalue weighted by Gasteiger charge is -2.46. The van der Waals surface area contributed by atoms with Crippen LogP contribution in [0, 0.1) is 11.3 Å². The first-order valence-electron chi connectivity index (χ1n) is 10.6. The Balaban J connectivity index is 1.47. The minimum atomic E-state index is -0.607. The van der Waals surface area contributed by atoms with E-state index in [9.17, 15) is 9.90 Å². The van der Waals surface area contributed by atoms with Crippen molar-refractivity contribution in [2.24, 2.45) is 11.3 Å². The maximum absolute atomic E-state index is 12.7. The molecule has 2 N–H and O–H groups in total. The SMILES string of the molecule is CC1CC(C)(C)CC(CO)(NC(=O)OCC2c3ccccc3-c3ccccc32)C1. The molecule has 2 aliphatic carbocycles. The first kappa shape index (κ1) is 20.0. The van der Waals surface area contributed by atoms with Crippen molar-refractivity contribution in [2.75, 3.05) is 13.2 Å². The topological polar surface area (TPSA) is 58.6 Å². The molecule has 2 unspecified atom stereocenters. The van der Waals surface area contributed by atoms with Gasteiger partial charge in [-0.1, -0.05) is 69.3 Å². The van der Waals surface area contributed by atoms with Crippen LogP contribution in [-0.2, 0) is 4.74 Å². The van der Waals surface area contributed by atoms with Crippen molar-refractivity contribution in [3.8, 4) is 11.1 Å². The summed E-state index contributed by atoms with van der Waals surface area (Å²) >= 11 is 0. The fourth-order valence-corrected chi connectivity index (χ4v) is 5.85. The van der Waals surface area contributed by atoms with E-state index in [1.54, 1.807) is 0 Å². The summed E-state index contributed by atoms with van der Waals surface area (Å²) in [5.41, 5.74) is 4.30. The van der Waals surface area contributed by atoms with Crippen LogP contribution < -0.4 is 5.32 Å². The van der Waals surface area contributed by atoms with E-state index in [4.69, 9.17) is 4.74 Å². The summed E-state index contributed by atoms with van der Waals surface area (Å²) in [6, 6.07) is 16.6. The number of fused-ring (bicyclic) bond motifs is 3. The summed E-state index contributed by atoms with van der Waals surface area (Å²) in [5, 5.41) is 13.1. The normalized spacial score (nSPS) is 25.2. The van der Waals surface area contributed by atoms with Gasteiger partial charge in [-0.3, -0.25) is 0 Å². The number of carbonyl (C=O) groups excluding carboxylic acids is 1. The highest BCUT2D eigenvalue weighted by Gasteiger charge is 2.44. The van der Waals surface area contributed by atoms with Crippen LogP contribution in [0.15, 0.2) is 48.5 Å². The minimum absolute atomic E-state index is 0.0416. The van der Waals surface area contributed by atoms with E-state index in [2.05, 4.69) is 50.4 Å². The molecule has 0 aromatic heterocycles. The zero-order valence-corrected chi connectivity index (χ0v) is 17.6. The molecular weight excluding hydrogens is 362 g/mol. The second-order valence-corrected chi connectivity index (χ2v) is 9.74. The Morgan fingerprint density at radius 1 is 1.07 bits per heavy atom. The van der Waals surface area contributed by atoms with Crippen molar-refractivity contribution in [3.05, 3.63) is 59.7 Å². The molecule has 1 saturated carbocycles. The molecule has 1 fully saturated rings. The van der Waals surface area contributed by atoms with Gasteiger partial charge in [-0.05, 0) is 52.8 Å². The number of ether oxygens (including phenoxy) is 1. The third kappa shape index (κ3) is 3.91. The number of hydrogen-bond donors (Lipinski definition) is 2. The van der Waals surface area contributed by atoms with Gasteiger partial charge in [0, 0.05) is 5.92 Å². The van der Waals surface area contributed by atoms with Crippen LogP contribution >= 0.6 is 0 Å². The third-order valence-electron chi connectivity index (χ3n) is 6.47. The number of amides is 1. The highest BCUT2D eigenvalue weighted by Crippen LogP contribution is 2.45. The molecule has 154 valence electrons. The van der Waals surface area contributed by atoms with Gasteiger partial charge in [-0.2, -0.15) is 0 Å². The molecule has 0 saturated heterocycles. The number of rotatable bonds is 4. The molecule has 4 nitrogen and oxygen atoms in total. The van der Waals surface area contributed by atoms with Gasteiger partial charge in [0.25, 0.3) is 0 Å². The summed E-state index contributed by atoms with van der Waals surface area (Å²) in [5.74, 6) is 0.486. The lowest BCUT2D eigenvalue weighted by molar-refractivity contribution is 0.0319. The molecule has 0 bridgehead atoms. The Kier molecular flexibility index (Phi) is 5.16. The highest BCUT2D eigenvalue weighted by molar-refractivity contribution is 5.79. The number of benzene rings is 2. The van der Waals surface area contributed by atoms with E-state index < -0.39 is 11.6 Å². The van der Waals surface area contributed by atoms with Gasteiger partial charge in [0.15, 0.2) is 0 Å². The quantitative estimate of drug-likeness (QED) is 0.759. The Morgan fingerprint density at radius 3 is 2.21 bits per heavy atom. The van der Waals surface area contributed by atoms with E-state index in [0.29, 0.717) is 12.5 Å². The second-order valence-electron chi connectivity index (χ2n) is 9.74. The first-order valence-corrected chi connectivity index (χ1v) is 10.6. The summed E-state index contributed by atoms with van der Waals surface area (Å²) in [4.78, 5) is 12.7. The zero-order chi connectivity index (χ0) is 20.6. The number of alkyl carbamates (subject to hydrolysis) is 1. The number of carbonyl (C=O) groups is 1. The molecule has 4 rings (SSSR count). The summed E-state index contributed by atoms with van der Waals surface area (Å²) in [7, 11) is 0. The molecule has 0 heterocycles. The predicted octanol–water partition coefficient (Wildman–Crippen LogP) is 5.10. The van der Waals surface area contributed by atoms with Crippen LogP contribution in [0.3, 0.4) is 0 Å². The summed E-state index contributed by atoms with van der Waals surface area (Å²) in [6.07, 6.45) is 2.19. The van der Waals surface area contributed by atoms with Crippen LogP contribution in [0.2, 0.25) is 0 Å². The van der Waals surface area contributed by atoms with Crippen LogP contribution in [0.1, 0.15) is 57.1 Å². The van der Waals surface area contributed by atoms with Crippen molar-refractivity contribution < 1.29 is 14.6 Å². The molecule has 0 aliphatic heterocycles. The van der Waals surface area contributed by atoms with E-state index in [0.717, 1.165) is 19.3 Å². The average molecular weight is 394 g/mol. The molecule has 0 spiro atoms. The van der Waals surface area contributed by atoms with Gasteiger partial charge in [0.05, 0.1) is 12.1 Å². The van der Waals surface area contributed by atoms with E-state index in [1.165, 1.54) is 22.3 Å². The van der Waals surface area contributed by atoms with E-state index in [-0.39, 0.29) is 17.9 Å². The maximum Gasteiger partial charge on any atom is 0.407 e. The average Bonchev–Trinajstić information content (AvgIpc) is 2.99. The van der Waals surface area contributed by atoms with Crippen LogP contribution in [-0.4, -0.2) is 30.0 Å². The largest absolute Gasteiger partial charge is 0.449 e. The van der Waals surface area contributed by atoms with E-state index in [1.807, 2.05) is 24.3 Å². The minimum Gasteiger partial charge on any atom is -0.449 e. The summed E-state index contributed by atoms with van der Waals surface area (Å²) in [6.45, 7) is 6.81. The Hall–Kier alpha value is -2.33. The van der Waals surface area contributed by atoms with Crippen molar-refractivity contribution in [3.63, 3.8) is 0 Å². The third-order valence-corrected chi connectivity index (χ3v) is 6.47. The molecule has 2 aromatic rings. The van der Waals surface area contributed by atoms with Crippen molar-refractivity contribution in [2.45, 2.75) is 51.5 Å². The van der Waals surface area contributed by atoms with Gasteiger partial charge < -0.3 is 15.2 Å². The Morgan fingerprint density at radius 2 is 1.66 bits per heavy atom. The highest BCUT2D eigenvalue weighted by atomic mass is 16.5. The van der Waals surface area contributed by atoms with E-state index >= 15 is 0 Å². The molecule has 4 heteroatoms. The number of aliphatic hydroxyl groups is 1. The molecular formula is C25H31NO3. The monoisotopic (exact) mass is 393 g/mol. The number of hydrogen-bond acceptors (Lipinski definition) is 3. The van der Waals surface area contributed by atoms with Gasteiger partial charge in [0.1, 0.15) is 6.61 Å². The standard InChI is InChI=1S/C25H31NO3/c1-17-12-24(2,3)15-25(13-17,16-27)26-23(28)29-14-22-20-10-6-4-8-18(20)19-9-5-7-11-21(19)22/h4-11,17,22,27H,12-16H2,1-3H3,(H,26,28). The molecule has 2 aromatic carbocycles. The second kappa shape index (κ2) is 7.49. The molecule has 29 heavy (non-hydrogen) atoms. The smallest absolute Gasteiger partial charge is 0.407 e. The predicted molar refractivity (Wildman–Crippen MR) is 115 cm³/mol. The number of nitrogens with one attached hydrogen (secondary N) is 1. The molecule has 0 radical (unpaired) electrons. The van der Waals surface area contributed by atoms with Crippen molar-refractivity contribution in [1.29, 1.82) is 0 Å². The van der Waals surface area contributed by atoms with Crippen LogP contribution in [0.4, 0.5) is 4.79 Å². The van der Waals surface area contributed by atoms with Crippen molar-refractivity contribution in [1.82, 2.24) is 5.32 Å². The fraction of sp³-hybridized carbons (Fsp3) is 0.480. The fourth-order valence-electron chi connectivity index (χ4n) is 5.85. The summed E-state index contributed by atoms with van der Waals surface area (Å²) < 4.78 is 5.71. The van der Waals surface area contributed by atoms with Crippen molar-refractivity contribution >= 4 is 6.09 Å². The van der Waals surface area contributed by atoms with Crippen LogP contribution in [0.25, 0.3) is 11.1 Å². The zero-order valence-electron chi connectivity index (χ0n) is 17.6. The van der Waals surface area contributed by atoms with Gasteiger partial charge >= 0.3 is 6.09 Å².